The number of hydrogen-bond donors (Lipinski definition) is 2. The maximum absolute atomic E-state index is 14.3. The van der Waals surface area contributed by atoms with E-state index in [1.54, 1.807) is 29.2 Å². The molecule has 32 heavy (non-hydrogen) atoms. The molecule has 0 radical (unpaired) electrons. The first-order valence-corrected chi connectivity index (χ1v) is 12.5. The van der Waals surface area contributed by atoms with Crippen LogP contribution in [-0.2, 0) is 11.3 Å². The van der Waals surface area contributed by atoms with E-state index in [1.165, 1.54) is 61.5 Å². The number of carbonyl (C=O) groups is 2. The Balaban J connectivity index is 1.47. The van der Waals surface area contributed by atoms with E-state index in [-0.39, 0.29) is 34.7 Å². The Morgan fingerprint density at radius 2 is 1.94 bits per heavy atom. The van der Waals surface area contributed by atoms with E-state index < -0.39 is 5.82 Å². The van der Waals surface area contributed by atoms with Crippen LogP contribution in [0.25, 0.3) is 0 Å². The quantitative estimate of drug-likeness (QED) is 0.672. The molecular formula is C24H28ClFN3O2S+. The van der Waals surface area contributed by atoms with Crippen molar-refractivity contribution in [3.8, 4) is 0 Å². The minimum absolute atomic E-state index is 0.0291. The van der Waals surface area contributed by atoms with Crippen LogP contribution in [0.4, 0.5) is 10.1 Å². The summed E-state index contributed by atoms with van der Waals surface area (Å²) in [5.74, 6) is -0.475. The number of nitrogens with zero attached hydrogens (tertiary/aromatic N) is 1. The van der Waals surface area contributed by atoms with Gasteiger partial charge >= 0.3 is 0 Å². The third-order valence-electron chi connectivity index (χ3n) is 6.12. The maximum atomic E-state index is 14.3. The number of amides is 2. The summed E-state index contributed by atoms with van der Waals surface area (Å²) in [4.78, 5) is 29.4. The van der Waals surface area contributed by atoms with Crippen LogP contribution in [0.3, 0.4) is 0 Å². The molecule has 2 aromatic carbocycles. The van der Waals surface area contributed by atoms with Crippen LogP contribution < -0.4 is 15.1 Å². The molecule has 170 valence electrons. The fourth-order valence-corrected chi connectivity index (χ4v) is 5.43. The molecule has 1 fully saturated rings. The van der Waals surface area contributed by atoms with Crippen molar-refractivity contribution in [3.05, 3.63) is 58.4 Å². The molecule has 2 amide bonds. The maximum Gasteiger partial charge on any atom is 0.251 e. The molecule has 0 aromatic heterocycles. The minimum atomic E-state index is -0.449. The highest BCUT2D eigenvalue weighted by molar-refractivity contribution is 8.00. The number of likely N-dealkylation sites (tertiary alicyclic amines) is 1. The summed E-state index contributed by atoms with van der Waals surface area (Å²) in [6.45, 7) is 3.90. The van der Waals surface area contributed by atoms with Gasteiger partial charge in [0.2, 0.25) is 5.91 Å². The summed E-state index contributed by atoms with van der Waals surface area (Å²) in [5.41, 5.74) is 1.39. The molecule has 2 N–H and O–H groups in total. The number of rotatable bonds is 6. The summed E-state index contributed by atoms with van der Waals surface area (Å²) in [6, 6.07) is 9.85. The third kappa shape index (κ3) is 5.45. The lowest BCUT2D eigenvalue weighted by Gasteiger charge is -2.30. The topological polar surface area (TPSA) is 53.9 Å². The summed E-state index contributed by atoms with van der Waals surface area (Å²) >= 11 is 7.61. The first kappa shape index (κ1) is 23.1. The normalized spacial score (nSPS) is 17.1. The highest BCUT2D eigenvalue weighted by Crippen LogP contribution is 2.37. The van der Waals surface area contributed by atoms with E-state index >= 15 is 0 Å². The van der Waals surface area contributed by atoms with E-state index in [1.807, 2.05) is 6.07 Å². The number of nitrogens with one attached hydrogen (secondary N) is 2. The molecule has 5 nitrogen and oxygen atoms in total. The zero-order valence-electron chi connectivity index (χ0n) is 18.0. The van der Waals surface area contributed by atoms with E-state index in [2.05, 4.69) is 5.32 Å². The van der Waals surface area contributed by atoms with Gasteiger partial charge in [-0.05, 0) is 56.0 Å². The predicted octanol–water partition coefficient (Wildman–Crippen LogP) is 3.31. The molecule has 0 saturated carbocycles. The Morgan fingerprint density at radius 3 is 2.69 bits per heavy atom. The van der Waals surface area contributed by atoms with Gasteiger partial charge in [-0.3, -0.25) is 9.59 Å². The van der Waals surface area contributed by atoms with Crippen molar-refractivity contribution in [2.75, 3.05) is 36.8 Å². The molecule has 8 heteroatoms. The van der Waals surface area contributed by atoms with Gasteiger partial charge in [0.25, 0.3) is 5.91 Å². The molecule has 4 rings (SSSR count). The molecule has 0 aliphatic carbocycles. The molecule has 0 unspecified atom stereocenters. The number of benzene rings is 2. The zero-order valence-corrected chi connectivity index (χ0v) is 19.5. The van der Waals surface area contributed by atoms with Crippen molar-refractivity contribution in [2.24, 2.45) is 0 Å². The van der Waals surface area contributed by atoms with Crippen LogP contribution in [0, 0.1) is 5.82 Å². The minimum Gasteiger partial charge on any atom is -0.346 e. The first-order valence-electron chi connectivity index (χ1n) is 11.1. The molecule has 1 saturated heterocycles. The zero-order chi connectivity index (χ0) is 22.5. The van der Waals surface area contributed by atoms with E-state index in [4.69, 9.17) is 11.6 Å². The van der Waals surface area contributed by atoms with Crippen LogP contribution in [-0.4, -0.2) is 43.7 Å². The van der Waals surface area contributed by atoms with Crippen molar-refractivity contribution in [3.63, 3.8) is 0 Å². The number of hydrogen-bond acceptors (Lipinski definition) is 3. The molecule has 0 bridgehead atoms. The fourth-order valence-electron chi connectivity index (χ4n) is 4.29. The second-order valence-electron chi connectivity index (χ2n) is 8.32. The van der Waals surface area contributed by atoms with Gasteiger partial charge in [-0.25, -0.2) is 4.39 Å². The van der Waals surface area contributed by atoms with Crippen LogP contribution in [0.1, 0.15) is 41.6 Å². The fraction of sp³-hybridized carbons (Fsp3) is 0.417. The average molecular weight is 477 g/mol. The van der Waals surface area contributed by atoms with Crippen molar-refractivity contribution in [1.82, 2.24) is 5.32 Å². The van der Waals surface area contributed by atoms with Gasteiger partial charge in [0, 0.05) is 21.0 Å². The van der Waals surface area contributed by atoms with E-state index in [0.717, 1.165) is 11.4 Å². The number of carbonyl (C=O) groups excluding carboxylic acids is 2. The SMILES string of the molecule is O=C(NCC[NH+]1CCCCCC1)c1ccc2c(c1)N(Cc1c(F)cccc1Cl)C(=O)CS2. The second kappa shape index (κ2) is 10.7. The van der Waals surface area contributed by atoms with Crippen molar-refractivity contribution in [1.29, 1.82) is 0 Å². The molecular weight excluding hydrogens is 449 g/mol. The van der Waals surface area contributed by atoms with Crippen molar-refractivity contribution >= 4 is 40.9 Å². The number of halogens is 2. The average Bonchev–Trinajstić information content (AvgIpc) is 3.06. The Labute approximate surface area is 197 Å². The van der Waals surface area contributed by atoms with Crippen molar-refractivity contribution in [2.45, 2.75) is 37.1 Å². The lowest BCUT2D eigenvalue weighted by atomic mass is 10.1. The smallest absolute Gasteiger partial charge is 0.251 e. The lowest BCUT2D eigenvalue weighted by molar-refractivity contribution is -0.898. The third-order valence-corrected chi connectivity index (χ3v) is 7.52. The number of anilines is 1. The highest BCUT2D eigenvalue weighted by atomic mass is 35.5. The molecule has 2 aliphatic rings. The van der Waals surface area contributed by atoms with Gasteiger partial charge in [0.05, 0.1) is 44.2 Å². The molecule has 2 aromatic rings. The second-order valence-corrected chi connectivity index (χ2v) is 9.75. The molecule has 0 atom stereocenters. The Hall–Kier alpha value is -2.09. The van der Waals surface area contributed by atoms with Crippen molar-refractivity contribution < 1.29 is 18.9 Å². The largest absolute Gasteiger partial charge is 0.346 e. The summed E-state index contributed by atoms with van der Waals surface area (Å²) in [7, 11) is 0. The molecule has 2 aliphatic heterocycles. The number of quaternary nitrogens is 1. The van der Waals surface area contributed by atoms with Gasteiger partial charge in [-0.1, -0.05) is 17.7 Å². The summed E-state index contributed by atoms with van der Waals surface area (Å²) in [5, 5.41) is 3.30. The monoisotopic (exact) mass is 476 g/mol. The predicted molar refractivity (Wildman–Crippen MR) is 126 cm³/mol. The lowest BCUT2D eigenvalue weighted by Crippen LogP contribution is -3.12. The van der Waals surface area contributed by atoms with E-state index in [0.29, 0.717) is 17.8 Å². The van der Waals surface area contributed by atoms with Crippen LogP contribution >= 0.6 is 23.4 Å². The highest BCUT2D eigenvalue weighted by Gasteiger charge is 2.27. The molecule has 2 heterocycles. The van der Waals surface area contributed by atoms with Gasteiger partial charge in [-0.2, -0.15) is 0 Å². The van der Waals surface area contributed by atoms with Crippen LogP contribution in [0.2, 0.25) is 5.02 Å². The Morgan fingerprint density at radius 1 is 1.16 bits per heavy atom. The first-order chi connectivity index (χ1) is 15.5. The Kier molecular flexibility index (Phi) is 7.71. The summed E-state index contributed by atoms with van der Waals surface area (Å²) < 4.78 is 14.3. The number of fused-ring (bicyclic) bond motifs is 1. The van der Waals surface area contributed by atoms with Gasteiger partial charge in [0.15, 0.2) is 0 Å². The van der Waals surface area contributed by atoms with Gasteiger partial charge in [-0.15, -0.1) is 11.8 Å². The number of thioether (sulfide) groups is 1. The van der Waals surface area contributed by atoms with Gasteiger partial charge in [0.1, 0.15) is 5.82 Å². The van der Waals surface area contributed by atoms with E-state index in [9.17, 15) is 14.0 Å². The summed E-state index contributed by atoms with van der Waals surface area (Å²) in [6.07, 6.45) is 5.11. The Bertz CT molecular complexity index is 975. The standard InChI is InChI=1S/C24H27ClFN3O2S/c25-19-6-5-7-20(26)18(19)15-29-21-14-17(8-9-22(21)32-16-23(29)30)24(31)27-10-13-28-11-3-1-2-4-12-28/h5-9,14H,1-4,10-13,15-16H2,(H,27,31)/p+1. The van der Waals surface area contributed by atoms with Crippen LogP contribution in [0.15, 0.2) is 41.3 Å². The van der Waals surface area contributed by atoms with Gasteiger partial charge < -0.3 is 15.1 Å². The van der Waals surface area contributed by atoms with Crippen LogP contribution in [0.5, 0.6) is 0 Å². The molecule has 0 spiro atoms.